The predicted molar refractivity (Wildman–Crippen MR) is 57.1 cm³/mol. The molecule has 0 atom stereocenters. The van der Waals surface area contributed by atoms with E-state index in [1.165, 1.54) is 4.40 Å². The van der Waals surface area contributed by atoms with E-state index in [0.29, 0.717) is 12.2 Å². The average Bonchev–Trinajstić information content (AvgIpc) is 2.45. The average molecular weight is 227 g/mol. The smallest absolute Gasteiger partial charge is 0.301 e. The molecule has 0 unspecified atom stereocenters. The van der Waals surface area contributed by atoms with Crippen molar-refractivity contribution >= 4 is 17.2 Å². The van der Waals surface area contributed by atoms with Crippen LogP contribution in [0.5, 0.6) is 6.01 Å². The predicted octanol–water partition coefficient (Wildman–Crippen LogP) is 1.15. The van der Waals surface area contributed by atoms with Crippen molar-refractivity contribution in [3.63, 3.8) is 0 Å². The Morgan fingerprint density at radius 2 is 2.20 bits per heavy atom. The van der Waals surface area contributed by atoms with E-state index in [1.807, 2.05) is 19.0 Å². The summed E-state index contributed by atoms with van der Waals surface area (Å²) in [6, 6.07) is 1.47. The molecule has 5 nitrogen and oxygen atoms in total. The Bertz CT molecular complexity index is 494. The van der Waals surface area contributed by atoms with Crippen molar-refractivity contribution in [2.24, 2.45) is 0 Å². The van der Waals surface area contributed by atoms with Gasteiger partial charge in [0.05, 0.1) is 5.69 Å². The Labute approximate surface area is 91.9 Å². The van der Waals surface area contributed by atoms with Gasteiger partial charge in [0.15, 0.2) is 0 Å². The Kier molecular flexibility index (Phi) is 2.50. The third-order valence-electron chi connectivity index (χ3n) is 1.93. The zero-order chi connectivity index (χ0) is 11.0. The van der Waals surface area contributed by atoms with Crippen molar-refractivity contribution in [2.45, 2.75) is 6.54 Å². The molecule has 0 spiro atoms. The third kappa shape index (κ3) is 2.03. The van der Waals surface area contributed by atoms with Crippen LogP contribution >= 0.6 is 11.6 Å². The van der Waals surface area contributed by atoms with Crippen LogP contribution in [0.15, 0.2) is 12.3 Å². The van der Waals surface area contributed by atoms with Crippen LogP contribution < -0.4 is 0 Å². The van der Waals surface area contributed by atoms with Gasteiger partial charge in [-0.2, -0.15) is 4.98 Å². The van der Waals surface area contributed by atoms with Crippen molar-refractivity contribution < 1.29 is 5.11 Å². The largest absolute Gasteiger partial charge is 0.480 e. The normalized spacial score (nSPS) is 11.5. The minimum absolute atomic E-state index is 0.144. The highest BCUT2D eigenvalue weighted by atomic mass is 35.5. The number of aromatic nitrogens is 3. The molecular formula is C9H11ClN4O. The maximum atomic E-state index is 9.51. The lowest BCUT2D eigenvalue weighted by molar-refractivity contribution is 0.397. The molecule has 0 aliphatic carbocycles. The Hall–Kier alpha value is -1.33. The van der Waals surface area contributed by atoms with Crippen molar-refractivity contribution in [2.75, 3.05) is 14.1 Å². The van der Waals surface area contributed by atoms with E-state index in [-0.39, 0.29) is 11.2 Å². The second kappa shape index (κ2) is 3.67. The summed E-state index contributed by atoms with van der Waals surface area (Å²) in [7, 11) is 3.91. The van der Waals surface area contributed by atoms with Gasteiger partial charge in [-0.1, -0.05) is 11.6 Å². The summed E-state index contributed by atoms with van der Waals surface area (Å²) in [5.74, 6) is 0. The number of fused-ring (bicyclic) bond motifs is 1. The molecule has 6 heteroatoms. The number of rotatable bonds is 2. The van der Waals surface area contributed by atoms with Gasteiger partial charge in [0.2, 0.25) is 0 Å². The van der Waals surface area contributed by atoms with E-state index in [9.17, 15) is 5.11 Å². The van der Waals surface area contributed by atoms with Gasteiger partial charge in [-0.05, 0) is 14.1 Å². The summed E-state index contributed by atoms with van der Waals surface area (Å²) >= 11 is 5.70. The van der Waals surface area contributed by atoms with Gasteiger partial charge in [0.1, 0.15) is 10.8 Å². The van der Waals surface area contributed by atoms with Gasteiger partial charge in [-0.15, -0.1) is 0 Å². The lowest BCUT2D eigenvalue weighted by atomic mass is 10.4. The van der Waals surface area contributed by atoms with E-state index in [2.05, 4.69) is 9.97 Å². The standard InChI is InChI=1S/C9H11ClN4O/c1-13(2)4-6-5-14-8(11-6)3-7(10)12-9(14)15/h3,5H,4H2,1-2H3,(H,12,15). The number of halogens is 1. The maximum Gasteiger partial charge on any atom is 0.301 e. The first-order valence-electron chi connectivity index (χ1n) is 4.44. The Balaban J connectivity index is 2.50. The SMILES string of the molecule is CN(C)Cc1cn2c(O)nc(Cl)cc2n1. The molecule has 2 heterocycles. The minimum atomic E-state index is -0.144. The molecule has 2 rings (SSSR count). The molecule has 0 saturated carbocycles. The van der Waals surface area contributed by atoms with Crippen molar-refractivity contribution in [1.29, 1.82) is 0 Å². The number of aromatic hydroxyl groups is 1. The van der Waals surface area contributed by atoms with Gasteiger partial charge < -0.3 is 10.0 Å². The summed E-state index contributed by atoms with van der Waals surface area (Å²) < 4.78 is 1.50. The molecule has 0 fully saturated rings. The van der Waals surface area contributed by atoms with Crippen LogP contribution in [0.2, 0.25) is 5.15 Å². The number of hydrogen-bond donors (Lipinski definition) is 1. The fourth-order valence-electron chi connectivity index (χ4n) is 1.40. The van der Waals surface area contributed by atoms with Gasteiger partial charge in [0.25, 0.3) is 0 Å². The molecule has 0 bridgehead atoms. The van der Waals surface area contributed by atoms with Gasteiger partial charge >= 0.3 is 6.01 Å². The lowest BCUT2D eigenvalue weighted by Gasteiger charge is -2.04. The number of nitrogens with zero attached hydrogens (tertiary/aromatic N) is 4. The number of hydrogen-bond acceptors (Lipinski definition) is 4. The van der Waals surface area contributed by atoms with Crippen LogP contribution in [0.4, 0.5) is 0 Å². The highest BCUT2D eigenvalue weighted by Gasteiger charge is 2.07. The molecule has 80 valence electrons. The van der Waals surface area contributed by atoms with Crippen LogP contribution in [0.3, 0.4) is 0 Å². The summed E-state index contributed by atoms with van der Waals surface area (Å²) in [6.07, 6.45) is 1.74. The Morgan fingerprint density at radius 1 is 1.47 bits per heavy atom. The second-order valence-electron chi connectivity index (χ2n) is 3.58. The minimum Gasteiger partial charge on any atom is -0.480 e. The van der Waals surface area contributed by atoms with Crippen molar-refractivity contribution in [3.8, 4) is 6.01 Å². The van der Waals surface area contributed by atoms with Crippen molar-refractivity contribution in [1.82, 2.24) is 19.3 Å². The van der Waals surface area contributed by atoms with Crippen molar-refractivity contribution in [3.05, 3.63) is 23.1 Å². The van der Waals surface area contributed by atoms with Gasteiger partial charge in [0, 0.05) is 18.8 Å². The van der Waals surface area contributed by atoms with Crippen LogP contribution in [0.25, 0.3) is 5.65 Å². The van der Waals surface area contributed by atoms with Gasteiger partial charge in [-0.25, -0.2) is 4.98 Å². The van der Waals surface area contributed by atoms with Crippen LogP contribution in [0.1, 0.15) is 5.69 Å². The zero-order valence-corrected chi connectivity index (χ0v) is 9.23. The van der Waals surface area contributed by atoms with Crippen LogP contribution in [-0.2, 0) is 6.54 Å². The zero-order valence-electron chi connectivity index (χ0n) is 8.48. The van der Waals surface area contributed by atoms with E-state index in [0.717, 1.165) is 5.69 Å². The summed E-state index contributed by atoms with van der Waals surface area (Å²) in [6.45, 7) is 0.707. The first kappa shape index (κ1) is 10.2. The first-order chi connectivity index (χ1) is 7.06. The molecule has 0 aliphatic rings. The molecule has 0 radical (unpaired) electrons. The fraction of sp³-hybridized carbons (Fsp3) is 0.333. The van der Waals surface area contributed by atoms with E-state index >= 15 is 0 Å². The monoisotopic (exact) mass is 226 g/mol. The third-order valence-corrected chi connectivity index (χ3v) is 2.13. The Morgan fingerprint density at radius 3 is 2.87 bits per heavy atom. The molecular weight excluding hydrogens is 216 g/mol. The maximum absolute atomic E-state index is 9.51. The first-order valence-corrected chi connectivity index (χ1v) is 4.82. The van der Waals surface area contributed by atoms with Crippen LogP contribution in [0, 0.1) is 0 Å². The topological polar surface area (TPSA) is 53.7 Å². The summed E-state index contributed by atoms with van der Waals surface area (Å²) in [4.78, 5) is 10.0. The molecule has 0 aromatic carbocycles. The molecule has 2 aromatic rings. The molecule has 2 aromatic heterocycles. The molecule has 0 amide bonds. The van der Waals surface area contributed by atoms with E-state index in [1.54, 1.807) is 12.3 Å². The molecule has 0 aliphatic heterocycles. The number of imidazole rings is 1. The molecule has 1 N–H and O–H groups in total. The summed E-state index contributed by atoms with van der Waals surface area (Å²) in [5, 5.41) is 9.75. The molecule has 15 heavy (non-hydrogen) atoms. The quantitative estimate of drug-likeness (QED) is 0.781. The molecule has 0 saturated heterocycles. The highest BCUT2D eigenvalue weighted by Crippen LogP contribution is 2.17. The van der Waals surface area contributed by atoms with E-state index in [4.69, 9.17) is 11.6 Å². The van der Waals surface area contributed by atoms with Crippen LogP contribution in [-0.4, -0.2) is 38.5 Å². The van der Waals surface area contributed by atoms with E-state index < -0.39 is 0 Å². The lowest BCUT2D eigenvalue weighted by Crippen LogP contribution is -2.10. The second-order valence-corrected chi connectivity index (χ2v) is 3.96. The summed E-state index contributed by atoms with van der Waals surface area (Å²) in [5.41, 5.74) is 1.46. The fourth-order valence-corrected chi connectivity index (χ4v) is 1.57. The highest BCUT2D eigenvalue weighted by molar-refractivity contribution is 6.29. The van der Waals surface area contributed by atoms with Gasteiger partial charge in [-0.3, -0.25) is 4.40 Å².